The summed E-state index contributed by atoms with van der Waals surface area (Å²) in [5.74, 6) is 1.71. The average molecular weight is 519 g/mol. The first-order chi connectivity index (χ1) is 17.9. The van der Waals surface area contributed by atoms with Crippen LogP contribution in [-0.4, -0.2) is 48.3 Å². The molecular formula is C27H30N6O3S. The van der Waals surface area contributed by atoms with Gasteiger partial charge >= 0.3 is 0 Å². The molecule has 2 aromatic carbocycles. The van der Waals surface area contributed by atoms with E-state index in [4.69, 9.17) is 4.74 Å². The van der Waals surface area contributed by atoms with Crippen molar-refractivity contribution in [3.63, 3.8) is 0 Å². The minimum absolute atomic E-state index is 0.0123. The number of aryl methyl sites for hydroxylation is 1. The van der Waals surface area contributed by atoms with Gasteiger partial charge in [-0.3, -0.25) is 4.72 Å². The molecule has 0 unspecified atom stereocenters. The molecule has 4 aromatic rings. The standard InChI is InChI=1S/C27H30N6O3S/c1-3-37(34,35)33-23-15-18(2)26(22-9-5-4-8-21(22)23)36-27-25(30-13-14-31-27)19-10-12-29-24(16-19)32-20-7-6-11-28-17-20/h4-5,8-10,12-16,20,28,33H,3,6-7,11,17H2,1-2H3,(H,29,32)/t20-/m0/s1. The normalized spacial score (nSPS) is 15.9. The van der Waals surface area contributed by atoms with E-state index in [2.05, 4.69) is 30.3 Å². The topological polar surface area (TPSA) is 118 Å². The molecule has 0 saturated carbocycles. The summed E-state index contributed by atoms with van der Waals surface area (Å²) < 4.78 is 33.7. The number of hydrogen-bond donors (Lipinski definition) is 3. The Kier molecular flexibility index (Phi) is 7.20. The minimum Gasteiger partial charge on any atom is -0.436 e. The molecule has 10 heteroatoms. The van der Waals surface area contributed by atoms with Crippen LogP contribution in [0.2, 0.25) is 0 Å². The Bertz CT molecular complexity index is 1520. The van der Waals surface area contributed by atoms with Gasteiger partial charge < -0.3 is 15.4 Å². The first-order valence-corrected chi connectivity index (χ1v) is 14.0. The van der Waals surface area contributed by atoms with Crippen molar-refractivity contribution in [2.24, 2.45) is 0 Å². The molecule has 1 aliphatic rings. The van der Waals surface area contributed by atoms with Crippen LogP contribution in [0.15, 0.2) is 61.1 Å². The maximum absolute atomic E-state index is 12.3. The molecule has 1 fully saturated rings. The number of nitrogens with zero attached hydrogens (tertiary/aromatic N) is 3. The second-order valence-corrected chi connectivity index (χ2v) is 11.1. The maximum Gasteiger partial charge on any atom is 0.246 e. The Labute approximate surface area is 216 Å². The third-order valence-electron chi connectivity index (χ3n) is 6.37. The number of anilines is 2. The van der Waals surface area contributed by atoms with Crippen LogP contribution in [0.25, 0.3) is 22.0 Å². The van der Waals surface area contributed by atoms with Crippen molar-refractivity contribution < 1.29 is 13.2 Å². The number of sulfonamides is 1. The lowest BCUT2D eigenvalue weighted by molar-refractivity contribution is 0.464. The monoisotopic (exact) mass is 518 g/mol. The van der Waals surface area contributed by atoms with E-state index in [9.17, 15) is 8.42 Å². The third kappa shape index (κ3) is 5.65. The fourth-order valence-electron chi connectivity index (χ4n) is 4.48. The predicted molar refractivity (Wildman–Crippen MR) is 147 cm³/mol. The van der Waals surface area contributed by atoms with E-state index in [0.29, 0.717) is 29.1 Å². The molecule has 1 atom stereocenters. The van der Waals surface area contributed by atoms with E-state index in [1.807, 2.05) is 43.3 Å². The quantitative estimate of drug-likeness (QED) is 0.307. The highest BCUT2D eigenvalue weighted by atomic mass is 32.2. The lowest BCUT2D eigenvalue weighted by atomic mass is 10.0. The molecule has 0 radical (unpaired) electrons. The van der Waals surface area contributed by atoms with Gasteiger partial charge in [0.05, 0.1) is 11.4 Å². The zero-order valence-electron chi connectivity index (χ0n) is 20.9. The van der Waals surface area contributed by atoms with Gasteiger partial charge in [0.25, 0.3) is 0 Å². The van der Waals surface area contributed by atoms with Crippen molar-refractivity contribution in [3.05, 3.63) is 66.6 Å². The zero-order chi connectivity index (χ0) is 25.8. The van der Waals surface area contributed by atoms with Crippen molar-refractivity contribution in [1.82, 2.24) is 20.3 Å². The number of pyridine rings is 1. The van der Waals surface area contributed by atoms with Gasteiger partial charge in [0.1, 0.15) is 17.3 Å². The number of hydrogen-bond acceptors (Lipinski definition) is 8. The second kappa shape index (κ2) is 10.7. The number of piperidine rings is 1. The van der Waals surface area contributed by atoms with Gasteiger partial charge in [-0.05, 0) is 57.0 Å². The Hall–Kier alpha value is -3.76. The highest BCUT2D eigenvalue weighted by molar-refractivity contribution is 7.92. The first kappa shape index (κ1) is 24.9. The van der Waals surface area contributed by atoms with Gasteiger partial charge in [-0.15, -0.1) is 0 Å². The zero-order valence-corrected chi connectivity index (χ0v) is 21.7. The lowest BCUT2D eigenvalue weighted by Crippen LogP contribution is -2.38. The fourth-order valence-corrected chi connectivity index (χ4v) is 5.13. The number of fused-ring (bicyclic) bond motifs is 1. The SMILES string of the molecule is CCS(=O)(=O)Nc1cc(C)c(Oc2nccnc2-c2ccnc(N[C@H]3CCCNC3)c2)c2ccccc12. The van der Waals surface area contributed by atoms with Gasteiger partial charge in [-0.1, -0.05) is 24.3 Å². The van der Waals surface area contributed by atoms with Gasteiger partial charge in [-0.25, -0.2) is 23.4 Å². The van der Waals surface area contributed by atoms with E-state index >= 15 is 0 Å². The summed E-state index contributed by atoms with van der Waals surface area (Å²) in [7, 11) is -3.44. The van der Waals surface area contributed by atoms with Crippen LogP contribution in [0.3, 0.4) is 0 Å². The highest BCUT2D eigenvalue weighted by Crippen LogP contribution is 2.39. The van der Waals surface area contributed by atoms with Gasteiger partial charge in [0, 0.05) is 47.5 Å². The molecule has 3 N–H and O–H groups in total. The van der Waals surface area contributed by atoms with Crippen LogP contribution in [0.1, 0.15) is 25.3 Å². The number of aromatic nitrogens is 3. The van der Waals surface area contributed by atoms with Crippen molar-refractivity contribution in [2.75, 3.05) is 28.9 Å². The summed E-state index contributed by atoms with van der Waals surface area (Å²) in [4.78, 5) is 13.6. The highest BCUT2D eigenvalue weighted by Gasteiger charge is 2.19. The number of rotatable bonds is 8. The number of ether oxygens (including phenoxy) is 1. The van der Waals surface area contributed by atoms with Gasteiger partial charge in [-0.2, -0.15) is 0 Å². The van der Waals surface area contributed by atoms with Crippen molar-refractivity contribution in [3.8, 4) is 22.9 Å². The summed E-state index contributed by atoms with van der Waals surface area (Å²) in [5, 5.41) is 8.42. The van der Waals surface area contributed by atoms with E-state index < -0.39 is 10.0 Å². The van der Waals surface area contributed by atoms with Crippen molar-refractivity contribution in [2.45, 2.75) is 32.7 Å². The molecule has 3 heterocycles. The smallest absolute Gasteiger partial charge is 0.246 e. The minimum atomic E-state index is -3.44. The van der Waals surface area contributed by atoms with Crippen LogP contribution in [0.5, 0.6) is 11.6 Å². The van der Waals surface area contributed by atoms with E-state index in [-0.39, 0.29) is 5.75 Å². The first-order valence-electron chi connectivity index (χ1n) is 12.4. The van der Waals surface area contributed by atoms with Gasteiger partial charge in [0.2, 0.25) is 15.9 Å². The third-order valence-corrected chi connectivity index (χ3v) is 7.66. The second-order valence-electron chi connectivity index (χ2n) is 9.05. The predicted octanol–water partition coefficient (Wildman–Crippen LogP) is 4.72. The van der Waals surface area contributed by atoms with Gasteiger partial charge in [0.15, 0.2) is 0 Å². The van der Waals surface area contributed by atoms with Crippen LogP contribution < -0.4 is 20.1 Å². The van der Waals surface area contributed by atoms with Crippen LogP contribution >= 0.6 is 0 Å². The van der Waals surface area contributed by atoms with Crippen molar-refractivity contribution >= 4 is 32.3 Å². The van der Waals surface area contributed by atoms with Crippen LogP contribution in [0, 0.1) is 6.92 Å². The largest absolute Gasteiger partial charge is 0.436 e. The summed E-state index contributed by atoms with van der Waals surface area (Å²) in [6, 6.07) is 13.5. The molecule has 9 nitrogen and oxygen atoms in total. The van der Waals surface area contributed by atoms with E-state index in [1.165, 1.54) is 0 Å². The molecule has 0 amide bonds. The Morgan fingerprint density at radius 3 is 2.65 bits per heavy atom. The molecule has 5 rings (SSSR count). The number of nitrogens with one attached hydrogen (secondary N) is 3. The fraction of sp³-hybridized carbons (Fsp3) is 0.296. The molecular weight excluding hydrogens is 488 g/mol. The Balaban J connectivity index is 1.50. The molecule has 192 valence electrons. The molecule has 0 bridgehead atoms. The van der Waals surface area contributed by atoms with Crippen molar-refractivity contribution in [1.29, 1.82) is 0 Å². The summed E-state index contributed by atoms with van der Waals surface area (Å²) in [6.07, 6.45) is 7.20. The van der Waals surface area contributed by atoms with E-state index in [0.717, 1.165) is 53.6 Å². The summed E-state index contributed by atoms with van der Waals surface area (Å²) >= 11 is 0. The molecule has 0 aliphatic carbocycles. The molecule has 2 aromatic heterocycles. The lowest BCUT2D eigenvalue weighted by Gasteiger charge is -2.24. The Morgan fingerprint density at radius 1 is 1.05 bits per heavy atom. The Morgan fingerprint density at radius 2 is 1.86 bits per heavy atom. The summed E-state index contributed by atoms with van der Waals surface area (Å²) in [6.45, 7) is 5.44. The maximum atomic E-state index is 12.3. The van der Waals surface area contributed by atoms with Crippen LogP contribution in [0.4, 0.5) is 11.5 Å². The molecule has 1 saturated heterocycles. The van der Waals surface area contributed by atoms with Crippen LogP contribution in [-0.2, 0) is 10.0 Å². The molecule has 0 spiro atoms. The molecule has 37 heavy (non-hydrogen) atoms. The average Bonchev–Trinajstić information content (AvgIpc) is 2.92. The molecule has 1 aliphatic heterocycles. The summed E-state index contributed by atoms with van der Waals surface area (Å²) in [5.41, 5.74) is 2.71. The van der Waals surface area contributed by atoms with E-state index in [1.54, 1.807) is 31.6 Å². The number of benzene rings is 2.